The lowest BCUT2D eigenvalue weighted by atomic mass is 10.2. The van der Waals surface area contributed by atoms with Crippen molar-refractivity contribution in [2.75, 3.05) is 0 Å². The van der Waals surface area contributed by atoms with Crippen molar-refractivity contribution in [1.82, 2.24) is 0 Å². The van der Waals surface area contributed by atoms with Crippen molar-refractivity contribution in [3.05, 3.63) is 60.2 Å². The molecule has 4 nitrogen and oxygen atoms in total. The van der Waals surface area contributed by atoms with Gasteiger partial charge in [-0.25, -0.2) is 16.8 Å². The zero-order chi connectivity index (χ0) is 16.1. The highest BCUT2D eigenvalue weighted by molar-refractivity contribution is 8.14. The van der Waals surface area contributed by atoms with Crippen LogP contribution in [0.2, 0.25) is 0 Å². The van der Waals surface area contributed by atoms with Crippen molar-refractivity contribution >= 4 is 39.5 Å². The van der Waals surface area contributed by atoms with E-state index >= 15 is 0 Å². The number of rotatable bonds is 2. The van der Waals surface area contributed by atoms with Gasteiger partial charge in [0.05, 0.1) is 9.79 Å². The lowest BCUT2D eigenvalue weighted by Gasteiger charge is -1.94. The van der Waals surface area contributed by atoms with E-state index in [1.165, 1.54) is 24.3 Å². The fourth-order valence-corrected chi connectivity index (χ4v) is 2.84. The van der Waals surface area contributed by atoms with E-state index in [1.807, 2.05) is 6.92 Å². The molecule has 0 unspecified atom stereocenters. The summed E-state index contributed by atoms with van der Waals surface area (Å²) in [5.41, 5.74) is 1.01. The minimum absolute atomic E-state index is 0.136. The molecule has 0 aliphatic carbocycles. The third-order valence-corrected chi connectivity index (χ3v) is 5.07. The van der Waals surface area contributed by atoms with Crippen molar-refractivity contribution in [2.45, 2.75) is 16.7 Å². The SMILES string of the molecule is Cc1ccc(S(=O)(=O)Cl)cc1.O=S(=O)(Cl)c1ccccc1. The summed E-state index contributed by atoms with van der Waals surface area (Å²) in [6.45, 7) is 1.88. The van der Waals surface area contributed by atoms with Gasteiger partial charge in [-0.3, -0.25) is 0 Å². The lowest BCUT2D eigenvalue weighted by molar-refractivity contribution is 0.608. The Morgan fingerprint density at radius 1 is 0.667 bits per heavy atom. The fraction of sp³-hybridized carbons (Fsp3) is 0.0769. The minimum atomic E-state index is -3.55. The van der Waals surface area contributed by atoms with Gasteiger partial charge in [0, 0.05) is 21.4 Å². The Labute approximate surface area is 133 Å². The normalized spacial score (nSPS) is 11.4. The molecule has 2 aromatic rings. The van der Waals surface area contributed by atoms with Crippen LogP contribution in [0.15, 0.2) is 64.4 Å². The van der Waals surface area contributed by atoms with Crippen LogP contribution in [0.5, 0.6) is 0 Å². The molecule has 0 saturated carbocycles. The first kappa shape index (κ1) is 18.0. The molecule has 0 saturated heterocycles. The van der Waals surface area contributed by atoms with Crippen molar-refractivity contribution in [2.24, 2.45) is 0 Å². The summed E-state index contributed by atoms with van der Waals surface area (Å²) in [6.07, 6.45) is 0. The van der Waals surface area contributed by atoms with E-state index in [-0.39, 0.29) is 9.79 Å². The van der Waals surface area contributed by atoms with Crippen LogP contribution in [0.4, 0.5) is 0 Å². The summed E-state index contributed by atoms with van der Waals surface area (Å²) in [4.78, 5) is 0.279. The van der Waals surface area contributed by atoms with E-state index in [0.29, 0.717) is 0 Å². The molecule has 0 aliphatic heterocycles. The Morgan fingerprint density at radius 2 is 1.05 bits per heavy atom. The van der Waals surface area contributed by atoms with Crippen LogP contribution in [0.1, 0.15) is 5.56 Å². The molecular formula is C13H12Cl2O4S2. The molecule has 2 rings (SSSR count). The molecule has 0 amide bonds. The average Bonchev–Trinajstić information content (AvgIpc) is 2.39. The maximum absolute atomic E-state index is 10.7. The molecule has 8 heteroatoms. The monoisotopic (exact) mass is 366 g/mol. The van der Waals surface area contributed by atoms with Gasteiger partial charge in [-0.15, -0.1) is 0 Å². The van der Waals surface area contributed by atoms with Crippen molar-refractivity contribution in [3.63, 3.8) is 0 Å². The molecule has 0 atom stereocenters. The number of benzene rings is 2. The maximum atomic E-state index is 10.7. The molecule has 21 heavy (non-hydrogen) atoms. The van der Waals surface area contributed by atoms with E-state index in [9.17, 15) is 16.8 Å². The van der Waals surface area contributed by atoms with Crippen LogP contribution in [0.3, 0.4) is 0 Å². The van der Waals surface area contributed by atoms with Crippen molar-refractivity contribution in [3.8, 4) is 0 Å². The van der Waals surface area contributed by atoms with Gasteiger partial charge in [0.1, 0.15) is 0 Å². The second-order valence-electron chi connectivity index (χ2n) is 4.00. The highest BCUT2D eigenvalue weighted by Gasteiger charge is 2.07. The van der Waals surface area contributed by atoms with Crippen LogP contribution < -0.4 is 0 Å². The molecule has 114 valence electrons. The quantitative estimate of drug-likeness (QED) is 0.762. The second kappa shape index (κ2) is 7.26. The minimum Gasteiger partial charge on any atom is -0.207 e. The van der Waals surface area contributed by atoms with Gasteiger partial charge >= 0.3 is 0 Å². The predicted octanol–water partition coefficient (Wildman–Crippen LogP) is 3.54. The molecule has 2 aromatic carbocycles. The van der Waals surface area contributed by atoms with E-state index < -0.39 is 18.1 Å². The third-order valence-electron chi connectivity index (χ3n) is 2.33. The summed E-state index contributed by atoms with van der Waals surface area (Å²) in [5, 5.41) is 0. The van der Waals surface area contributed by atoms with Crippen molar-refractivity contribution < 1.29 is 16.8 Å². The van der Waals surface area contributed by atoms with E-state index in [1.54, 1.807) is 30.3 Å². The van der Waals surface area contributed by atoms with Gasteiger partial charge in [-0.2, -0.15) is 0 Å². The number of hydrogen-bond acceptors (Lipinski definition) is 4. The zero-order valence-corrected chi connectivity index (χ0v) is 14.0. The Kier molecular flexibility index (Phi) is 6.22. The Bertz CT molecular complexity index is 784. The average molecular weight is 367 g/mol. The lowest BCUT2D eigenvalue weighted by Crippen LogP contribution is -1.89. The highest BCUT2D eigenvalue weighted by Crippen LogP contribution is 2.14. The standard InChI is InChI=1S/C7H7ClO2S.C6H5ClO2S/c1-6-2-4-7(5-3-6)11(8,9)10;7-10(8,9)6-4-2-1-3-5-6/h2-5H,1H3;1-5H. The van der Waals surface area contributed by atoms with Crippen LogP contribution in [-0.2, 0) is 18.1 Å². The highest BCUT2D eigenvalue weighted by atomic mass is 35.7. The van der Waals surface area contributed by atoms with E-state index in [2.05, 4.69) is 0 Å². The molecule has 0 N–H and O–H groups in total. The molecule has 0 radical (unpaired) electrons. The molecule has 0 fully saturated rings. The summed E-state index contributed by atoms with van der Waals surface area (Å²) in [5.74, 6) is 0. The zero-order valence-electron chi connectivity index (χ0n) is 10.9. The predicted molar refractivity (Wildman–Crippen MR) is 83.7 cm³/mol. The summed E-state index contributed by atoms with van der Waals surface area (Å²) in [6, 6.07) is 14.2. The molecular weight excluding hydrogens is 355 g/mol. The second-order valence-corrected chi connectivity index (χ2v) is 9.13. The van der Waals surface area contributed by atoms with Gasteiger partial charge in [-0.1, -0.05) is 35.9 Å². The number of aryl methyl sites for hydroxylation is 1. The Balaban J connectivity index is 0.000000211. The van der Waals surface area contributed by atoms with Gasteiger partial charge in [0.25, 0.3) is 18.1 Å². The third kappa shape index (κ3) is 6.48. The molecule has 0 aromatic heterocycles. The van der Waals surface area contributed by atoms with Gasteiger partial charge in [0.2, 0.25) is 0 Å². The first-order valence-electron chi connectivity index (χ1n) is 5.62. The van der Waals surface area contributed by atoms with Gasteiger partial charge < -0.3 is 0 Å². The van der Waals surface area contributed by atoms with Gasteiger partial charge in [-0.05, 0) is 31.2 Å². The summed E-state index contributed by atoms with van der Waals surface area (Å²) >= 11 is 0. The molecule has 0 bridgehead atoms. The van der Waals surface area contributed by atoms with Crippen LogP contribution in [0, 0.1) is 6.92 Å². The van der Waals surface area contributed by atoms with Crippen LogP contribution >= 0.6 is 21.4 Å². The van der Waals surface area contributed by atoms with E-state index in [4.69, 9.17) is 21.4 Å². The first-order valence-corrected chi connectivity index (χ1v) is 10.2. The maximum Gasteiger partial charge on any atom is 0.261 e. The number of hydrogen-bond donors (Lipinski definition) is 0. The first-order chi connectivity index (χ1) is 9.60. The summed E-state index contributed by atoms with van der Waals surface area (Å²) in [7, 11) is 3.04. The Hall–Kier alpha value is -1.08. The Morgan fingerprint density at radius 3 is 1.38 bits per heavy atom. The largest absolute Gasteiger partial charge is 0.261 e. The number of halogens is 2. The van der Waals surface area contributed by atoms with Crippen LogP contribution in [-0.4, -0.2) is 16.8 Å². The summed E-state index contributed by atoms with van der Waals surface area (Å²) < 4.78 is 42.6. The van der Waals surface area contributed by atoms with Crippen molar-refractivity contribution in [1.29, 1.82) is 0 Å². The smallest absolute Gasteiger partial charge is 0.207 e. The molecule has 0 heterocycles. The molecule has 0 spiro atoms. The molecule has 0 aliphatic rings. The van der Waals surface area contributed by atoms with Crippen LogP contribution in [0.25, 0.3) is 0 Å². The topological polar surface area (TPSA) is 68.3 Å². The van der Waals surface area contributed by atoms with Gasteiger partial charge in [0.15, 0.2) is 0 Å². The fourth-order valence-electron chi connectivity index (χ4n) is 1.28. The van der Waals surface area contributed by atoms with E-state index in [0.717, 1.165) is 5.56 Å².